The maximum atomic E-state index is 5.90. The highest BCUT2D eigenvalue weighted by Gasteiger charge is 2.20. The van der Waals surface area contributed by atoms with Gasteiger partial charge in [0.05, 0.1) is 19.3 Å². The van der Waals surface area contributed by atoms with Gasteiger partial charge in [-0.05, 0) is 37.8 Å². The van der Waals surface area contributed by atoms with Gasteiger partial charge in [0.25, 0.3) is 0 Å². The highest BCUT2D eigenvalue weighted by atomic mass is 127. The minimum absolute atomic E-state index is 0. The predicted octanol–water partition coefficient (Wildman–Crippen LogP) is 2.80. The summed E-state index contributed by atoms with van der Waals surface area (Å²) in [6.07, 6.45) is 4.15. The van der Waals surface area contributed by atoms with E-state index in [0.29, 0.717) is 12.5 Å². The van der Waals surface area contributed by atoms with Crippen molar-refractivity contribution in [2.75, 3.05) is 57.7 Å². The molecule has 8 heteroatoms. The summed E-state index contributed by atoms with van der Waals surface area (Å²) >= 11 is 0. The van der Waals surface area contributed by atoms with Crippen LogP contribution in [-0.4, -0.2) is 74.4 Å². The molecular weight excluding hydrogens is 479 g/mol. The van der Waals surface area contributed by atoms with Crippen LogP contribution in [-0.2, 0) is 4.74 Å². The molecule has 1 saturated heterocycles. The third-order valence-corrected chi connectivity index (χ3v) is 4.51. The fourth-order valence-electron chi connectivity index (χ4n) is 3.25. The lowest BCUT2D eigenvalue weighted by Gasteiger charge is -2.33. The molecule has 0 spiro atoms. The first-order valence-electron chi connectivity index (χ1n) is 10.7. The molecule has 0 radical (unpaired) electrons. The number of unbranched alkanes of at least 4 members (excludes halogenated alkanes) is 1. The van der Waals surface area contributed by atoms with Gasteiger partial charge in [0.2, 0.25) is 0 Å². The van der Waals surface area contributed by atoms with Crippen LogP contribution in [0.5, 0.6) is 0 Å². The van der Waals surface area contributed by atoms with Gasteiger partial charge in [-0.2, -0.15) is 0 Å². The molecule has 3 N–H and O–H groups in total. The Labute approximate surface area is 193 Å². The maximum absolute atomic E-state index is 5.90. The Morgan fingerprint density at radius 3 is 2.83 bits per heavy atom. The molecular formula is C21H39IN6O. The molecule has 7 nitrogen and oxygen atoms in total. The van der Waals surface area contributed by atoms with Crippen LogP contribution in [0.4, 0.5) is 5.82 Å². The van der Waals surface area contributed by atoms with Crippen LogP contribution in [0.1, 0.15) is 33.6 Å². The van der Waals surface area contributed by atoms with Crippen LogP contribution in [0, 0.1) is 5.92 Å². The van der Waals surface area contributed by atoms with Gasteiger partial charge in [0.1, 0.15) is 5.82 Å². The fraction of sp³-hybridized carbons (Fsp3) is 0.714. The topological polar surface area (TPSA) is 73.8 Å². The monoisotopic (exact) mass is 518 g/mol. The summed E-state index contributed by atoms with van der Waals surface area (Å²) in [7, 11) is 0. The van der Waals surface area contributed by atoms with Gasteiger partial charge in [0.15, 0.2) is 5.96 Å². The molecule has 1 aromatic rings. The van der Waals surface area contributed by atoms with Gasteiger partial charge in [-0.1, -0.05) is 19.9 Å². The molecule has 1 fully saturated rings. The smallest absolute Gasteiger partial charge is 0.191 e. The number of halogens is 1. The molecule has 166 valence electrons. The number of hydrogen-bond acceptors (Lipinski definition) is 5. The molecule has 1 unspecified atom stereocenters. The number of nitrogens with zero attached hydrogens (tertiary/aromatic N) is 3. The van der Waals surface area contributed by atoms with Crippen molar-refractivity contribution in [3.63, 3.8) is 0 Å². The molecule has 29 heavy (non-hydrogen) atoms. The van der Waals surface area contributed by atoms with Gasteiger partial charge < -0.3 is 20.7 Å². The van der Waals surface area contributed by atoms with E-state index in [-0.39, 0.29) is 30.1 Å². The first-order chi connectivity index (χ1) is 13.7. The standard InChI is InChI=1S/C21H38N6O.HI/c1-4-22-21(25-12-8-7-11-24-20-9-5-6-10-23-20)26-15-19-17-27(13-14-28-19)16-18(2)3;/h5-6,9-10,18-19H,4,7-8,11-17H2,1-3H3,(H,23,24)(H2,22,25,26);1H. The van der Waals surface area contributed by atoms with Gasteiger partial charge in [0, 0.05) is 45.5 Å². The number of aliphatic imine (C=N–C) groups is 1. The van der Waals surface area contributed by atoms with Crippen LogP contribution in [0.3, 0.4) is 0 Å². The largest absolute Gasteiger partial charge is 0.374 e. The van der Waals surface area contributed by atoms with E-state index in [2.05, 4.69) is 46.6 Å². The first kappa shape index (κ1) is 25.9. The van der Waals surface area contributed by atoms with E-state index in [4.69, 9.17) is 9.73 Å². The van der Waals surface area contributed by atoms with Crippen LogP contribution in [0.15, 0.2) is 29.4 Å². The number of pyridine rings is 1. The number of hydrogen-bond donors (Lipinski definition) is 3. The lowest BCUT2D eigenvalue weighted by atomic mass is 10.2. The molecule has 0 saturated carbocycles. The molecule has 1 atom stereocenters. The van der Waals surface area contributed by atoms with Gasteiger partial charge >= 0.3 is 0 Å². The molecule has 0 aromatic carbocycles. The zero-order chi connectivity index (χ0) is 20.0. The summed E-state index contributed by atoms with van der Waals surface area (Å²) in [5.74, 6) is 2.50. The number of aromatic nitrogens is 1. The van der Waals surface area contributed by atoms with Crippen LogP contribution < -0.4 is 16.0 Å². The summed E-state index contributed by atoms with van der Waals surface area (Å²) in [5.41, 5.74) is 0. The molecule has 0 amide bonds. The summed E-state index contributed by atoms with van der Waals surface area (Å²) in [5, 5.41) is 10.1. The lowest BCUT2D eigenvalue weighted by Crippen LogP contribution is -2.46. The third kappa shape index (κ3) is 11.6. The Bertz CT molecular complexity index is 557. The molecule has 0 bridgehead atoms. The SMILES string of the molecule is CCNC(=NCC1CN(CC(C)C)CCO1)NCCCCNc1ccccn1.I. The second-order valence-electron chi connectivity index (χ2n) is 7.64. The van der Waals surface area contributed by atoms with Crippen molar-refractivity contribution >= 4 is 35.8 Å². The Morgan fingerprint density at radius 1 is 1.28 bits per heavy atom. The van der Waals surface area contributed by atoms with E-state index in [1.165, 1.54) is 0 Å². The Morgan fingerprint density at radius 2 is 2.10 bits per heavy atom. The number of ether oxygens (including phenoxy) is 1. The third-order valence-electron chi connectivity index (χ3n) is 4.51. The molecule has 1 aliphatic rings. The number of guanidine groups is 1. The lowest BCUT2D eigenvalue weighted by molar-refractivity contribution is -0.0261. The minimum atomic E-state index is 0. The van der Waals surface area contributed by atoms with Crippen LogP contribution in [0.2, 0.25) is 0 Å². The van der Waals surface area contributed by atoms with E-state index >= 15 is 0 Å². The number of nitrogens with one attached hydrogen (secondary N) is 3. The van der Waals surface area contributed by atoms with Crippen LogP contribution >= 0.6 is 24.0 Å². The number of rotatable bonds is 11. The summed E-state index contributed by atoms with van der Waals surface area (Å²) in [4.78, 5) is 11.5. The Kier molecular flexibility index (Phi) is 14.0. The maximum Gasteiger partial charge on any atom is 0.191 e. The molecule has 2 rings (SSSR count). The molecule has 0 aliphatic carbocycles. The zero-order valence-corrected chi connectivity index (χ0v) is 20.5. The van der Waals surface area contributed by atoms with E-state index < -0.39 is 0 Å². The van der Waals surface area contributed by atoms with Crippen molar-refractivity contribution in [3.05, 3.63) is 24.4 Å². The molecule has 1 aromatic heterocycles. The van der Waals surface area contributed by atoms with Gasteiger partial charge in [-0.15, -0.1) is 24.0 Å². The van der Waals surface area contributed by atoms with Gasteiger partial charge in [-0.25, -0.2) is 4.98 Å². The normalized spacial score (nSPS) is 17.7. The van der Waals surface area contributed by atoms with Crippen molar-refractivity contribution in [1.82, 2.24) is 20.5 Å². The summed E-state index contributed by atoms with van der Waals surface area (Å²) < 4.78 is 5.90. The molecule has 2 heterocycles. The first-order valence-corrected chi connectivity index (χ1v) is 10.7. The van der Waals surface area contributed by atoms with Crippen molar-refractivity contribution in [2.45, 2.75) is 39.7 Å². The average Bonchev–Trinajstić information content (AvgIpc) is 2.69. The average molecular weight is 518 g/mol. The highest BCUT2D eigenvalue weighted by molar-refractivity contribution is 14.0. The number of anilines is 1. The van der Waals surface area contributed by atoms with Crippen molar-refractivity contribution < 1.29 is 4.74 Å². The zero-order valence-electron chi connectivity index (χ0n) is 18.2. The highest BCUT2D eigenvalue weighted by Crippen LogP contribution is 2.08. The van der Waals surface area contributed by atoms with Crippen molar-refractivity contribution in [2.24, 2.45) is 10.9 Å². The number of morpholine rings is 1. The second-order valence-corrected chi connectivity index (χ2v) is 7.64. The van der Waals surface area contributed by atoms with E-state index in [9.17, 15) is 0 Å². The predicted molar refractivity (Wildman–Crippen MR) is 132 cm³/mol. The van der Waals surface area contributed by atoms with Gasteiger partial charge in [-0.3, -0.25) is 9.89 Å². The van der Waals surface area contributed by atoms with E-state index in [1.807, 2.05) is 18.2 Å². The Balaban J connectivity index is 0.00000420. The minimum Gasteiger partial charge on any atom is -0.374 e. The van der Waals surface area contributed by atoms with Crippen molar-refractivity contribution in [1.29, 1.82) is 0 Å². The quantitative estimate of drug-likeness (QED) is 0.181. The summed E-state index contributed by atoms with van der Waals surface area (Å²) in [6, 6.07) is 5.91. The Hall–Kier alpha value is -1.13. The van der Waals surface area contributed by atoms with E-state index in [0.717, 1.165) is 70.5 Å². The van der Waals surface area contributed by atoms with Crippen LogP contribution in [0.25, 0.3) is 0 Å². The molecule has 1 aliphatic heterocycles. The summed E-state index contributed by atoms with van der Waals surface area (Å²) in [6.45, 7) is 14.0. The van der Waals surface area contributed by atoms with Crippen molar-refractivity contribution in [3.8, 4) is 0 Å². The fourth-order valence-corrected chi connectivity index (χ4v) is 3.25. The van der Waals surface area contributed by atoms with E-state index in [1.54, 1.807) is 6.20 Å². The second kappa shape index (κ2) is 15.7.